The predicted molar refractivity (Wildman–Crippen MR) is 111 cm³/mol. The Morgan fingerprint density at radius 2 is 1.72 bits per heavy atom. The molecule has 3 rings (SSSR count). The third-order valence-electron chi connectivity index (χ3n) is 4.30. The molecule has 1 aromatic heterocycles. The van der Waals surface area contributed by atoms with Gasteiger partial charge >= 0.3 is 12.2 Å². The number of ether oxygens (including phenoxy) is 1. The zero-order valence-electron chi connectivity index (χ0n) is 17.6. The molecule has 0 saturated carbocycles. The van der Waals surface area contributed by atoms with Crippen LogP contribution in [0.25, 0.3) is 10.9 Å². The highest BCUT2D eigenvalue weighted by atomic mass is 35.5. The number of fused-ring (bicyclic) bond motifs is 1. The molecule has 2 aromatic rings. The maximum Gasteiger partial charge on any atom is 0.410 e. The van der Waals surface area contributed by atoms with Crippen LogP contribution in [-0.2, 0) is 4.74 Å². The Bertz CT molecular complexity index is 894. The highest BCUT2D eigenvalue weighted by Gasteiger charge is 2.28. The van der Waals surface area contributed by atoms with Gasteiger partial charge in [-0.1, -0.05) is 25.4 Å². The molecule has 6 nitrogen and oxygen atoms in total. The first kappa shape index (κ1) is 23.1. The molecule has 1 amide bonds. The van der Waals surface area contributed by atoms with Gasteiger partial charge in [-0.25, -0.2) is 9.18 Å². The Morgan fingerprint density at radius 1 is 1.14 bits per heavy atom. The van der Waals surface area contributed by atoms with Gasteiger partial charge in [-0.2, -0.15) is 14.4 Å². The fraction of sp³-hybridized carbons (Fsp3) is 0.550. The molecule has 29 heavy (non-hydrogen) atoms. The number of rotatable bonds is 1. The van der Waals surface area contributed by atoms with Crippen LogP contribution in [0.4, 0.5) is 19.4 Å². The summed E-state index contributed by atoms with van der Waals surface area (Å²) >= 11 is 6.09. The first-order valence-corrected chi connectivity index (χ1v) is 9.99. The fourth-order valence-corrected chi connectivity index (χ4v) is 3.11. The first-order valence-electron chi connectivity index (χ1n) is 9.61. The number of aromatic nitrogens is 2. The van der Waals surface area contributed by atoms with Gasteiger partial charge in [-0.05, 0) is 33.8 Å². The molecular formula is C20H27ClF2N4O2. The van der Waals surface area contributed by atoms with Crippen molar-refractivity contribution in [1.82, 2.24) is 14.9 Å². The van der Waals surface area contributed by atoms with Gasteiger partial charge in [0, 0.05) is 42.2 Å². The van der Waals surface area contributed by atoms with Gasteiger partial charge in [0.2, 0.25) is 0 Å². The van der Waals surface area contributed by atoms with E-state index in [-0.39, 0.29) is 21.9 Å². The number of halogens is 3. The molecule has 1 fully saturated rings. The zero-order valence-corrected chi connectivity index (χ0v) is 18.4. The van der Waals surface area contributed by atoms with Crippen molar-refractivity contribution in [2.24, 2.45) is 0 Å². The van der Waals surface area contributed by atoms with E-state index in [1.165, 1.54) is 6.92 Å². The van der Waals surface area contributed by atoms with Crippen molar-refractivity contribution in [3.63, 3.8) is 0 Å². The van der Waals surface area contributed by atoms with E-state index in [2.05, 4.69) is 9.97 Å². The lowest BCUT2D eigenvalue weighted by atomic mass is 10.1. The van der Waals surface area contributed by atoms with Crippen LogP contribution < -0.4 is 4.90 Å². The predicted octanol–water partition coefficient (Wildman–Crippen LogP) is 4.95. The lowest BCUT2D eigenvalue weighted by molar-refractivity contribution is 0.0240. The van der Waals surface area contributed by atoms with Crippen LogP contribution in [0.2, 0.25) is 5.02 Å². The van der Waals surface area contributed by atoms with Crippen LogP contribution in [0.3, 0.4) is 0 Å². The molecule has 1 saturated heterocycles. The van der Waals surface area contributed by atoms with E-state index in [4.69, 9.17) is 16.3 Å². The number of benzene rings is 1. The minimum absolute atomic E-state index is 0.103. The molecular weight excluding hydrogens is 402 g/mol. The van der Waals surface area contributed by atoms with Crippen LogP contribution in [0, 0.1) is 18.8 Å². The maximum atomic E-state index is 14.5. The number of nitrogens with zero attached hydrogens (tertiary/aromatic N) is 4. The number of hydrogen-bond acceptors (Lipinski definition) is 5. The van der Waals surface area contributed by atoms with Crippen LogP contribution in [-0.4, -0.2) is 52.7 Å². The minimum Gasteiger partial charge on any atom is -0.444 e. The topological polar surface area (TPSA) is 58.6 Å². The SMILES string of the molecule is CC.Cc1c(Cl)cc2c(N3CCN(C(=O)OC(C)(C)C)CC3)nc(F)nc2c1F. The smallest absolute Gasteiger partial charge is 0.410 e. The van der Waals surface area contributed by atoms with E-state index < -0.39 is 23.6 Å². The second-order valence-corrected chi connectivity index (χ2v) is 7.87. The monoisotopic (exact) mass is 428 g/mol. The second-order valence-electron chi connectivity index (χ2n) is 7.46. The normalized spacial score (nSPS) is 14.5. The summed E-state index contributed by atoms with van der Waals surface area (Å²) in [6.45, 7) is 12.5. The number of hydrogen-bond donors (Lipinski definition) is 0. The lowest BCUT2D eigenvalue weighted by Crippen LogP contribution is -2.50. The van der Waals surface area contributed by atoms with Crippen molar-refractivity contribution in [2.75, 3.05) is 31.1 Å². The molecule has 1 aromatic carbocycles. The molecule has 0 unspecified atom stereocenters. The molecule has 160 valence electrons. The summed E-state index contributed by atoms with van der Waals surface area (Å²) in [6.07, 6.45) is -1.40. The van der Waals surface area contributed by atoms with Crippen molar-refractivity contribution in [2.45, 2.75) is 47.1 Å². The van der Waals surface area contributed by atoms with E-state index in [1.54, 1.807) is 36.6 Å². The number of carbonyl (C=O) groups excluding carboxylic acids is 1. The van der Waals surface area contributed by atoms with E-state index in [9.17, 15) is 13.6 Å². The molecule has 9 heteroatoms. The zero-order chi connectivity index (χ0) is 21.9. The summed E-state index contributed by atoms with van der Waals surface area (Å²) in [4.78, 5) is 23.0. The van der Waals surface area contributed by atoms with Crippen LogP contribution >= 0.6 is 11.6 Å². The van der Waals surface area contributed by atoms with E-state index in [0.717, 1.165) is 0 Å². The highest BCUT2D eigenvalue weighted by molar-refractivity contribution is 6.32. The number of anilines is 1. The Hall–Kier alpha value is -2.22. The van der Waals surface area contributed by atoms with Gasteiger partial charge in [-0.3, -0.25) is 0 Å². The molecule has 1 aliphatic heterocycles. The lowest BCUT2D eigenvalue weighted by Gasteiger charge is -2.36. The van der Waals surface area contributed by atoms with Crippen LogP contribution in [0.5, 0.6) is 0 Å². The minimum atomic E-state index is -1.01. The van der Waals surface area contributed by atoms with Gasteiger partial charge in [0.1, 0.15) is 16.9 Å². The average Bonchev–Trinajstić information content (AvgIpc) is 2.67. The molecule has 0 N–H and O–H groups in total. The van der Waals surface area contributed by atoms with Crippen molar-refractivity contribution in [1.29, 1.82) is 0 Å². The molecule has 1 aliphatic rings. The quantitative estimate of drug-likeness (QED) is 0.601. The number of amides is 1. The third-order valence-corrected chi connectivity index (χ3v) is 4.69. The summed E-state index contributed by atoms with van der Waals surface area (Å²) in [5, 5.41) is 0.569. The van der Waals surface area contributed by atoms with Crippen LogP contribution in [0.1, 0.15) is 40.2 Å². The summed E-state index contributed by atoms with van der Waals surface area (Å²) < 4.78 is 33.8. The standard InChI is InChI=1S/C18H21ClF2N4O2.C2H6/c1-10-12(19)9-11-14(13(10)20)22-16(21)23-15(11)24-5-7-25(8-6-24)17(26)27-18(2,3)4;1-2/h9H,5-8H2,1-4H3;1-2H3. The largest absolute Gasteiger partial charge is 0.444 e. The van der Waals surface area contributed by atoms with Crippen molar-refractivity contribution in [3.8, 4) is 0 Å². The summed E-state index contributed by atoms with van der Waals surface area (Å²) in [7, 11) is 0. The fourth-order valence-electron chi connectivity index (χ4n) is 2.92. The van der Waals surface area contributed by atoms with Gasteiger partial charge in [0.15, 0.2) is 5.82 Å². The molecule has 0 spiro atoms. The Labute approximate surface area is 174 Å². The van der Waals surface area contributed by atoms with Crippen molar-refractivity contribution >= 4 is 34.4 Å². The third kappa shape index (κ3) is 5.23. The summed E-state index contributed by atoms with van der Waals surface area (Å²) in [6, 6.07) is 1.55. The van der Waals surface area contributed by atoms with Gasteiger partial charge < -0.3 is 14.5 Å². The molecule has 0 bridgehead atoms. The maximum absolute atomic E-state index is 14.5. The summed E-state index contributed by atoms with van der Waals surface area (Å²) in [5.74, 6) is -0.394. The summed E-state index contributed by atoms with van der Waals surface area (Å²) in [5.41, 5.74) is -0.469. The Balaban J connectivity index is 0.00000145. The molecule has 2 heterocycles. The Kier molecular flexibility index (Phi) is 7.21. The first-order chi connectivity index (χ1) is 13.6. The van der Waals surface area contributed by atoms with E-state index >= 15 is 0 Å². The van der Waals surface area contributed by atoms with Crippen molar-refractivity contribution < 1.29 is 18.3 Å². The van der Waals surface area contributed by atoms with E-state index in [0.29, 0.717) is 31.6 Å². The number of piperazine rings is 1. The van der Waals surface area contributed by atoms with Crippen molar-refractivity contribution in [3.05, 3.63) is 28.5 Å². The van der Waals surface area contributed by atoms with Crippen LogP contribution in [0.15, 0.2) is 6.07 Å². The highest BCUT2D eigenvalue weighted by Crippen LogP contribution is 2.32. The average molecular weight is 429 g/mol. The Morgan fingerprint density at radius 3 is 2.28 bits per heavy atom. The number of carbonyl (C=O) groups is 1. The van der Waals surface area contributed by atoms with Gasteiger partial charge in [-0.15, -0.1) is 0 Å². The molecule has 0 aliphatic carbocycles. The van der Waals surface area contributed by atoms with Gasteiger partial charge in [0.05, 0.1) is 0 Å². The molecule has 0 radical (unpaired) electrons. The van der Waals surface area contributed by atoms with Gasteiger partial charge in [0.25, 0.3) is 0 Å². The second kappa shape index (κ2) is 9.07. The van der Waals surface area contributed by atoms with E-state index in [1.807, 2.05) is 13.8 Å². The molecule has 0 atom stereocenters.